The van der Waals surface area contributed by atoms with E-state index in [0.29, 0.717) is 0 Å². The predicted octanol–water partition coefficient (Wildman–Crippen LogP) is 6.53. The summed E-state index contributed by atoms with van der Waals surface area (Å²) >= 11 is 0. The molecule has 0 aromatic rings. The second-order valence-corrected chi connectivity index (χ2v) is 9.12. The Bertz CT molecular complexity index is 536. The number of hydrogen-bond donors (Lipinski definition) is 0. The van der Waals surface area contributed by atoms with Gasteiger partial charge in [-0.1, -0.05) is 0 Å². The smallest absolute Gasteiger partial charge is 0.207 e. The second kappa shape index (κ2) is 5.01. The number of halogens is 9. The fourth-order valence-corrected chi connectivity index (χ4v) is 7.75. The quantitative estimate of drug-likeness (QED) is 0.406. The van der Waals surface area contributed by atoms with E-state index in [-0.39, 0.29) is 6.66 Å². The number of nitrogens with zero attached hydrogens (tertiary/aromatic N) is 3. The molecule has 3 unspecified atom stereocenters. The summed E-state index contributed by atoms with van der Waals surface area (Å²) in [6.07, 6.45) is -11.5. The van der Waals surface area contributed by atoms with Gasteiger partial charge in [0.15, 0.2) is 0 Å². The molecule has 3 atom stereocenters. The van der Waals surface area contributed by atoms with E-state index in [0.717, 1.165) is 0 Å². The van der Waals surface area contributed by atoms with Crippen LogP contribution in [0.15, 0.2) is 13.5 Å². The Kier molecular flexibility index (Phi) is 4.52. The maximum absolute atomic E-state index is 13.5. The van der Waals surface area contributed by atoms with E-state index < -0.39 is 35.7 Å². The van der Waals surface area contributed by atoms with Crippen molar-refractivity contribution in [2.75, 3.05) is 6.66 Å². The first-order chi connectivity index (χ1) is 8.54. The van der Waals surface area contributed by atoms with Gasteiger partial charge >= 0.3 is 28.2 Å². The molecule has 0 N–H and O–H groups in total. The van der Waals surface area contributed by atoms with Gasteiger partial charge in [-0.2, -0.15) is 21.6 Å². The third-order valence-corrected chi connectivity index (χ3v) is 8.23. The number of rotatable bonds is 2. The second-order valence-electron chi connectivity index (χ2n) is 3.10. The van der Waals surface area contributed by atoms with Gasteiger partial charge in [0, 0.05) is 6.66 Å². The summed E-state index contributed by atoms with van der Waals surface area (Å²) in [6.45, 7) is 0.226. The zero-order valence-corrected chi connectivity index (χ0v) is 11.6. The minimum absolute atomic E-state index is 0.226. The Morgan fingerprint density at radius 2 is 1.05 bits per heavy atom. The molecule has 0 bridgehead atoms. The minimum Gasteiger partial charge on any atom is -0.207 e. The van der Waals surface area contributed by atoms with Crippen molar-refractivity contribution in [1.29, 1.82) is 0 Å². The molecular formula is C3H3F9N3O2P3. The first kappa shape index (κ1) is 18.0. The first-order valence-electron chi connectivity index (χ1n) is 4.06. The van der Waals surface area contributed by atoms with Crippen LogP contribution in [0, 0.1) is 0 Å². The summed E-state index contributed by atoms with van der Waals surface area (Å²) in [7, 11) is -17.1. The van der Waals surface area contributed by atoms with Crippen LogP contribution in [0.2, 0.25) is 0 Å². The normalized spacial score (nSPS) is 38.7. The van der Waals surface area contributed by atoms with Crippen molar-refractivity contribution < 1.29 is 48.0 Å². The van der Waals surface area contributed by atoms with Gasteiger partial charge in [0.1, 0.15) is 0 Å². The third-order valence-electron chi connectivity index (χ3n) is 1.21. The van der Waals surface area contributed by atoms with Crippen LogP contribution in [0.5, 0.6) is 0 Å². The van der Waals surface area contributed by atoms with Crippen LogP contribution in [0.25, 0.3) is 0 Å². The van der Waals surface area contributed by atoms with Crippen LogP contribution >= 0.6 is 23.0 Å². The monoisotopic (exact) mass is 377 g/mol. The highest BCUT2D eigenvalue weighted by molar-refractivity contribution is 7.79. The predicted molar refractivity (Wildman–Crippen MR) is 51.6 cm³/mol. The molecule has 1 aliphatic heterocycles. The largest absolute Gasteiger partial charge is 0.530 e. The highest BCUT2D eigenvalue weighted by atomic mass is 31.3. The summed E-state index contributed by atoms with van der Waals surface area (Å²) in [6, 6.07) is 0. The molecule has 5 nitrogen and oxygen atoms in total. The molecule has 0 radical (unpaired) electrons. The topological polar surface area (TPSA) is 55.5 Å². The number of hydrogen-bond acceptors (Lipinski definition) is 5. The van der Waals surface area contributed by atoms with E-state index in [2.05, 4.69) is 18.1 Å². The average Bonchev–Trinajstić information content (AvgIpc) is 1.83. The van der Waals surface area contributed by atoms with Gasteiger partial charge in [0.05, 0.1) is 0 Å². The van der Waals surface area contributed by atoms with Gasteiger partial charge in [-0.25, -0.2) is 9.05 Å². The maximum Gasteiger partial charge on any atom is 0.530 e. The molecule has 0 saturated heterocycles. The summed E-state index contributed by atoms with van der Waals surface area (Å²) < 4.78 is 123. The summed E-state index contributed by atoms with van der Waals surface area (Å²) in [5.41, 5.74) is 0. The van der Waals surface area contributed by atoms with Crippen molar-refractivity contribution in [3.63, 3.8) is 0 Å². The van der Waals surface area contributed by atoms with Crippen LogP contribution in [0.1, 0.15) is 0 Å². The highest BCUT2D eigenvalue weighted by Crippen LogP contribution is 2.81. The van der Waals surface area contributed by atoms with Crippen LogP contribution < -0.4 is 0 Å². The molecule has 0 amide bonds. The van der Waals surface area contributed by atoms with E-state index >= 15 is 0 Å². The lowest BCUT2D eigenvalue weighted by atomic mass is 11.4. The van der Waals surface area contributed by atoms with E-state index in [1.165, 1.54) is 0 Å². The van der Waals surface area contributed by atoms with Gasteiger partial charge in [0.25, 0.3) is 0 Å². The van der Waals surface area contributed by atoms with Gasteiger partial charge in [0.2, 0.25) is 7.52 Å². The summed E-state index contributed by atoms with van der Waals surface area (Å²) in [5.74, 6) is 0. The average molecular weight is 377 g/mol. The molecule has 0 spiro atoms. The molecule has 1 aliphatic rings. The van der Waals surface area contributed by atoms with Crippen molar-refractivity contribution in [2.45, 2.75) is 12.7 Å². The van der Waals surface area contributed by atoms with Gasteiger partial charge in [-0.05, 0) is 0 Å². The minimum atomic E-state index is -6.06. The van der Waals surface area contributed by atoms with Crippen LogP contribution in [-0.4, -0.2) is 19.4 Å². The van der Waals surface area contributed by atoms with Gasteiger partial charge in [-0.3, -0.25) is 0 Å². The maximum atomic E-state index is 13.5. The van der Waals surface area contributed by atoms with Gasteiger partial charge < -0.3 is 0 Å². The molecule has 17 heteroatoms. The molecule has 0 aliphatic carbocycles. The number of alkyl halides is 6. The van der Waals surface area contributed by atoms with Crippen molar-refractivity contribution >= 4 is 23.0 Å². The van der Waals surface area contributed by atoms with Crippen molar-refractivity contribution in [3.8, 4) is 0 Å². The highest BCUT2D eigenvalue weighted by Gasteiger charge is 2.49. The fourth-order valence-electron chi connectivity index (χ4n) is 0.929. The summed E-state index contributed by atoms with van der Waals surface area (Å²) in [4.78, 5) is 0. The van der Waals surface area contributed by atoms with Crippen LogP contribution in [-0.2, 0) is 9.05 Å². The fraction of sp³-hybridized carbons (Fsp3) is 1.00. The standard InChI is InChI=1S/C3H3F9N3O2P3/c1-18(10)13-19(11,16-2(4,5)6)15-20(12,14-18)17-3(7,8)9/h1H3. The molecular weight excluding hydrogens is 374 g/mol. The Hall–Kier alpha value is -0.0200. The molecule has 120 valence electrons. The lowest BCUT2D eigenvalue weighted by Crippen LogP contribution is -2.11. The zero-order valence-electron chi connectivity index (χ0n) is 8.90. The van der Waals surface area contributed by atoms with Crippen molar-refractivity contribution in [2.24, 2.45) is 13.5 Å². The SMILES string of the molecule is CP1(F)=NP(F)(OC(F)(F)F)=NP(F)(OC(F)(F)F)=N1. The van der Waals surface area contributed by atoms with Crippen molar-refractivity contribution in [3.05, 3.63) is 0 Å². The van der Waals surface area contributed by atoms with Crippen LogP contribution in [0.4, 0.5) is 38.9 Å². The lowest BCUT2D eigenvalue weighted by Gasteiger charge is -2.22. The Balaban J connectivity index is 3.40. The first-order valence-corrected chi connectivity index (χ1v) is 9.10. The Labute approximate surface area is 105 Å². The zero-order chi connectivity index (χ0) is 16.0. The van der Waals surface area contributed by atoms with Crippen LogP contribution in [0.3, 0.4) is 0 Å². The van der Waals surface area contributed by atoms with E-state index in [1.54, 1.807) is 0 Å². The van der Waals surface area contributed by atoms with Crippen molar-refractivity contribution in [1.82, 2.24) is 0 Å². The molecule has 0 fully saturated rings. The Morgan fingerprint density at radius 3 is 1.40 bits per heavy atom. The van der Waals surface area contributed by atoms with E-state index in [9.17, 15) is 38.9 Å². The third kappa shape index (κ3) is 5.77. The molecule has 0 aromatic carbocycles. The molecule has 0 aromatic heterocycles. The molecule has 20 heavy (non-hydrogen) atoms. The van der Waals surface area contributed by atoms with Gasteiger partial charge in [-0.15, -0.1) is 30.9 Å². The summed E-state index contributed by atoms with van der Waals surface area (Å²) in [5, 5.41) is 0. The molecule has 0 saturated carbocycles. The molecule has 1 rings (SSSR count). The van der Waals surface area contributed by atoms with E-state index in [1.807, 2.05) is 4.52 Å². The molecule has 1 heterocycles. The Morgan fingerprint density at radius 1 is 0.700 bits per heavy atom. The lowest BCUT2D eigenvalue weighted by molar-refractivity contribution is -0.274. The van der Waals surface area contributed by atoms with E-state index in [4.69, 9.17) is 0 Å².